The highest BCUT2D eigenvalue weighted by Crippen LogP contribution is 2.31. The molecule has 2 aliphatic heterocycles. The number of methoxy groups -OCH3 is 1. The number of esters is 3. The topological polar surface area (TPSA) is 118 Å². The van der Waals surface area contributed by atoms with Crippen molar-refractivity contribution in [2.75, 3.05) is 13.7 Å². The first-order chi connectivity index (χ1) is 15.8. The van der Waals surface area contributed by atoms with E-state index in [2.05, 4.69) is 0 Å². The Bertz CT molecular complexity index is 853. The van der Waals surface area contributed by atoms with E-state index in [1.54, 1.807) is 44.2 Å². The molecule has 0 bridgehead atoms. The van der Waals surface area contributed by atoms with E-state index >= 15 is 0 Å². The van der Waals surface area contributed by atoms with Gasteiger partial charge in [0.25, 0.3) is 0 Å². The number of carbonyl (C=O) groups is 3. The van der Waals surface area contributed by atoms with Gasteiger partial charge in [-0.1, -0.05) is 44.2 Å². The van der Waals surface area contributed by atoms with Gasteiger partial charge < -0.3 is 28.8 Å². The van der Waals surface area contributed by atoms with Crippen molar-refractivity contribution in [3.63, 3.8) is 0 Å². The first-order valence-corrected chi connectivity index (χ1v) is 11.0. The van der Waals surface area contributed by atoms with Crippen LogP contribution in [0.3, 0.4) is 0 Å². The minimum absolute atomic E-state index is 0.275. The summed E-state index contributed by atoms with van der Waals surface area (Å²) in [6, 6.07) is 8.27. The monoisotopic (exact) mass is 462 g/mol. The van der Waals surface area contributed by atoms with Crippen LogP contribution in [0.25, 0.3) is 0 Å². The number of aliphatic hydroxyl groups is 1. The summed E-state index contributed by atoms with van der Waals surface area (Å²) in [6.45, 7) is 2.89. The molecule has 2 aliphatic rings. The van der Waals surface area contributed by atoms with E-state index in [4.69, 9.17) is 23.7 Å². The molecule has 0 aliphatic carbocycles. The lowest BCUT2D eigenvalue weighted by atomic mass is 9.96. The molecule has 1 aromatic carbocycles. The maximum atomic E-state index is 12.8. The highest BCUT2D eigenvalue weighted by molar-refractivity contribution is 5.89. The van der Waals surface area contributed by atoms with Crippen LogP contribution < -0.4 is 0 Å². The van der Waals surface area contributed by atoms with Crippen molar-refractivity contribution < 1.29 is 43.2 Å². The first kappa shape index (κ1) is 24.9. The van der Waals surface area contributed by atoms with Crippen molar-refractivity contribution in [1.29, 1.82) is 0 Å². The quantitative estimate of drug-likeness (QED) is 0.407. The van der Waals surface area contributed by atoms with Gasteiger partial charge in [0.1, 0.15) is 6.10 Å². The van der Waals surface area contributed by atoms with Crippen LogP contribution in [0.4, 0.5) is 0 Å². The summed E-state index contributed by atoms with van der Waals surface area (Å²) in [7, 11) is 1.33. The zero-order valence-corrected chi connectivity index (χ0v) is 18.9. The third-order valence-corrected chi connectivity index (χ3v) is 5.71. The maximum Gasteiger partial charge on any atom is 0.338 e. The first-order valence-electron chi connectivity index (χ1n) is 11.0. The summed E-state index contributed by atoms with van der Waals surface area (Å²) < 4.78 is 28.1. The van der Waals surface area contributed by atoms with Gasteiger partial charge in [-0.2, -0.15) is 0 Å². The van der Waals surface area contributed by atoms with Crippen molar-refractivity contribution in [1.82, 2.24) is 0 Å². The van der Waals surface area contributed by atoms with Gasteiger partial charge in [-0.3, -0.25) is 9.59 Å². The van der Waals surface area contributed by atoms with Crippen LogP contribution in [0.5, 0.6) is 0 Å². The number of benzene rings is 1. The largest absolute Gasteiger partial charge is 0.455 e. The van der Waals surface area contributed by atoms with Gasteiger partial charge in [0.2, 0.25) is 0 Å². The van der Waals surface area contributed by atoms with Crippen LogP contribution >= 0.6 is 0 Å². The van der Waals surface area contributed by atoms with E-state index in [0.717, 1.165) is 0 Å². The molecule has 9 nitrogen and oxygen atoms in total. The number of allylic oxidation sites excluding steroid dienone is 2. The fraction of sp³-hybridized carbons (Fsp3) is 0.542. The van der Waals surface area contributed by atoms with Crippen LogP contribution in [0.15, 0.2) is 42.5 Å². The number of ether oxygens (including phenoxy) is 5. The molecule has 1 fully saturated rings. The smallest absolute Gasteiger partial charge is 0.338 e. The Morgan fingerprint density at radius 3 is 2.12 bits per heavy atom. The lowest BCUT2D eigenvalue weighted by molar-refractivity contribution is -0.299. The molecule has 180 valence electrons. The van der Waals surface area contributed by atoms with Crippen molar-refractivity contribution in [3.05, 3.63) is 48.0 Å². The minimum Gasteiger partial charge on any atom is -0.455 e. The molecule has 7 atom stereocenters. The molecule has 33 heavy (non-hydrogen) atoms. The van der Waals surface area contributed by atoms with E-state index in [0.29, 0.717) is 12.8 Å². The zero-order chi connectivity index (χ0) is 24.0. The van der Waals surface area contributed by atoms with Gasteiger partial charge in [-0.05, 0) is 25.0 Å². The Labute approximate surface area is 192 Å². The van der Waals surface area contributed by atoms with Crippen LogP contribution in [-0.4, -0.2) is 67.4 Å². The fourth-order valence-electron chi connectivity index (χ4n) is 3.68. The number of rotatable bonds is 4. The summed E-state index contributed by atoms with van der Waals surface area (Å²) in [5, 5.41) is 9.92. The van der Waals surface area contributed by atoms with E-state index in [9.17, 15) is 19.5 Å². The van der Waals surface area contributed by atoms with Crippen LogP contribution in [0, 0.1) is 11.8 Å². The lowest BCUT2D eigenvalue weighted by Crippen LogP contribution is -2.63. The van der Waals surface area contributed by atoms with Gasteiger partial charge in [-0.15, -0.1) is 0 Å². The molecule has 0 saturated carbocycles. The summed E-state index contributed by atoms with van der Waals surface area (Å²) >= 11 is 0. The van der Waals surface area contributed by atoms with Crippen LogP contribution in [-0.2, 0) is 33.3 Å². The molecule has 0 aromatic heterocycles. The molecule has 0 unspecified atom stereocenters. The second kappa shape index (κ2) is 11.4. The number of hydrogen-bond acceptors (Lipinski definition) is 9. The van der Waals surface area contributed by atoms with Gasteiger partial charge in [0.05, 0.1) is 24.0 Å². The molecule has 3 rings (SSSR count). The normalized spacial score (nSPS) is 33.0. The molecule has 1 saturated heterocycles. The van der Waals surface area contributed by atoms with Crippen LogP contribution in [0.1, 0.15) is 37.0 Å². The van der Waals surface area contributed by atoms with Crippen molar-refractivity contribution in [2.45, 2.75) is 57.4 Å². The average molecular weight is 462 g/mol. The van der Waals surface area contributed by atoms with E-state index in [-0.39, 0.29) is 5.56 Å². The fourth-order valence-corrected chi connectivity index (χ4v) is 3.68. The summed E-state index contributed by atoms with van der Waals surface area (Å²) in [6.07, 6.45) is -1.43. The Morgan fingerprint density at radius 2 is 1.58 bits per heavy atom. The van der Waals surface area contributed by atoms with E-state index in [1.807, 2.05) is 12.2 Å². The Balaban J connectivity index is 1.97. The summed E-state index contributed by atoms with van der Waals surface area (Å²) in [5.74, 6) is -2.77. The molecule has 1 N–H and O–H groups in total. The minimum atomic E-state index is -1.25. The zero-order valence-electron chi connectivity index (χ0n) is 18.9. The van der Waals surface area contributed by atoms with Crippen molar-refractivity contribution >= 4 is 17.9 Å². The molecule has 9 heteroatoms. The Morgan fingerprint density at radius 1 is 1.00 bits per heavy atom. The lowest BCUT2D eigenvalue weighted by Gasteiger charge is -2.44. The summed E-state index contributed by atoms with van der Waals surface area (Å²) in [5.41, 5.74) is 0.275. The van der Waals surface area contributed by atoms with Crippen LogP contribution in [0.2, 0.25) is 0 Å². The second-order valence-corrected chi connectivity index (χ2v) is 8.25. The number of hydrogen-bond donors (Lipinski definition) is 1. The predicted molar refractivity (Wildman–Crippen MR) is 115 cm³/mol. The Kier molecular flexibility index (Phi) is 8.60. The number of aliphatic hydroxyl groups excluding tert-OH is 1. The molecule has 2 heterocycles. The van der Waals surface area contributed by atoms with Gasteiger partial charge >= 0.3 is 17.9 Å². The molecule has 1 aromatic rings. The molecular weight excluding hydrogens is 432 g/mol. The second-order valence-electron chi connectivity index (χ2n) is 8.25. The Hall–Kier alpha value is -2.75. The molecular formula is C24H30O9. The van der Waals surface area contributed by atoms with Crippen molar-refractivity contribution in [3.8, 4) is 0 Å². The molecule has 0 radical (unpaired) electrons. The highest BCUT2D eigenvalue weighted by atomic mass is 16.7. The number of fused-ring (bicyclic) bond motifs is 1. The van der Waals surface area contributed by atoms with Gasteiger partial charge in [0.15, 0.2) is 24.6 Å². The standard InChI is InChI=1S/C24H30O9/c1-14-9-7-8-10-15(2)22(27)32-19-18(31-21(14)26)17(13-25)30-24(29-3)20(19)33-23(28)16-11-5-4-6-12-16/h4-8,11-12,14-15,17-20,24-25H,9-10,13H2,1-3H3/t14-,15-,17+,18+,19-,20+,24-/m0/s1. The van der Waals surface area contributed by atoms with E-state index < -0.39 is 67.1 Å². The molecule has 0 amide bonds. The summed E-state index contributed by atoms with van der Waals surface area (Å²) in [4.78, 5) is 38.4. The third kappa shape index (κ3) is 5.98. The highest BCUT2D eigenvalue weighted by Gasteiger charge is 2.53. The van der Waals surface area contributed by atoms with Gasteiger partial charge in [0, 0.05) is 7.11 Å². The predicted octanol–water partition coefficient (Wildman–Crippen LogP) is 2.02. The maximum absolute atomic E-state index is 12.8. The SMILES string of the molecule is CO[C@H]1O[C@H](CO)[C@H]2OC(=O)[C@@H](C)CC=CC[C@H](C)C(=O)O[C@@H]2[C@H]1OC(=O)c1ccccc1. The van der Waals surface area contributed by atoms with Gasteiger partial charge in [-0.25, -0.2) is 4.79 Å². The van der Waals surface area contributed by atoms with Crippen molar-refractivity contribution in [2.24, 2.45) is 11.8 Å². The number of carbonyl (C=O) groups excluding carboxylic acids is 3. The average Bonchev–Trinajstić information content (AvgIpc) is 2.83. The molecule has 0 spiro atoms. The van der Waals surface area contributed by atoms with E-state index in [1.165, 1.54) is 7.11 Å². The third-order valence-electron chi connectivity index (χ3n) is 5.71.